The van der Waals surface area contributed by atoms with Gasteiger partial charge < -0.3 is 19.3 Å². The fraction of sp³-hybridized carbons (Fsp3) is 0.500. The Morgan fingerprint density at radius 3 is 2.52 bits per heavy atom. The summed E-state index contributed by atoms with van der Waals surface area (Å²) in [5.41, 5.74) is 0.586. The van der Waals surface area contributed by atoms with Gasteiger partial charge in [-0.25, -0.2) is 0 Å². The third kappa shape index (κ3) is 3.10. The van der Waals surface area contributed by atoms with Crippen LogP contribution in [0.2, 0.25) is 0 Å². The van der Waals surface area contributed by atoms with E-state index in [-0.39, 0.29) is 0 Å². The maximum Gasteiger partial charge on any atom is 0.316 e. The summed E-state index contributed by atoms with van der Waals surface area (Å²) in [4.78, 5) is 30.4. The van der Waals surface area contributed by atoms with Gasteiger partial charge >= 0.3 is 11.8 Å². The van der Waals surface area contributed by atoms with Gasteiger partial charge in [0.05, 0.1) is 19.3 Å². The van der Waals surface area contributed by atoms with Crippen LogP contribution in [0.5, 0.6) is 11.5 Å². The molecule has 1 aromatic carbocycles. The molecule has 124 valence electrons. The van der Waals surface area contributed by atoms with E-state index in [1.807, 2.05) is 7.05 Å². The lowest BCUT2D eigenvalue weighted by molar-refractivity contribution is -0.145. The van der Waals surface area contributed by atoms with Crippen molar-refractivity contribution in [3.8, 4) is 11.5 Å². The van der Waals surface area contributed by atoms with Crippen LogP contribution in [0.15, 0.2) is 18.2 Å². The first-order valence-electron chi connectivity index (χ1n) is 7.70. The monoisotopic (exact) mass is 319 g/mol. The number of carbonyl (C=O) groups is 2. The largest absolute Gasteiger partial charge is 0.497 e. The van der Waals surface area contributed by atoms with E-state index < -0.39 is 11.8 Å². The molecule has 0 unspecified atom stereocenters. The van der Waals surface area contributed by atoms with Crippen molar-refractivity contribution in [3.63, 3.8) is 0 Å². The molecule has 0 spiro atoms. The fourth-order valence-electron chi connectivity index (χ4n) is 2.80. The second-order valence-corrected chi connectivity index (χ2v) is 5.73. The van der Waals surface area contributed by atoms with Crippen molar-refractivity contribution in [1.82, 2.24) is 9.80 Å². The Morgan fingerprint density at radius 1 is 1.09 bits per heavy atom. The molecule has 7 nitrogen and oxygen atoms in total. The van der Waals surface area contributed by atoms with Gasteiger partial charge in [0.15, 0.2) is 0 Å². The molecule has 2 aliphatic heterocycles. The van der Waals surface area contributed by atoms with Gasteiger partial charge in [-0.2, -0.15) is 0 Å². The highest BCUT2D eigenvalue weighted by atomic mass is 16.5. The van der Waals surface area contributed by atoms with Crippen LogP contribution < -0.4 is 14.4 Å². The highest BCUT2D eigenvalue weighted by molar-refractivity contribution is 6.40. The van der Waals surface area contributed by atoms with Crippen molar-refractivity contribution in [2.45, 2.75) is 0 Å². The van der Waals surface area contributed by atoms with Gasteiger partial charge in [-0.05, 0) is 19.2 Å². The molecule has 3 rings (SSSR count). The molecular weight excluding hydrogens is 298 g/mol. The quantitative estimate of drug-likeness (QED) is 0.692. The Hall–Kier alpha value is -2.28. The van der Waals surface area contributed by atoms with Crippen LogP contribution in [-0.4, -0.2) is 75.1 Å². The number of anilines is 1. The first-order chi connectivity index (χ1) is 11.1. The molecule has 0 bridgehead atoms. The molecule has 0 radical (unpaired) electrons. The van der Waals surface area contributed by atoms with Crippen LogP contribution in [0, 0.1) is 0 Å². The zero-order valence-corrected chi connectivity index (χ0v) is 13.4. The van der Waals surface area contributed by atoms with E-state index in [1.54, 1.807) is 30.2 Å². The highest BCUT2D eigenvalue weighted by Crippen LogP contribution is 2.35. The number of piperazine rings is 1. The fourth-order valence-corrected chi connectivity index (χ4v) is 2.80. The molecule has 23 heavy (non-hydrogen) atoms. The lowest BCUT2D eigenvalue weighted by Crippen LogP contribution is -2.53. The normalized spacial score (nSPS) is 18.2. The number of hydrogen-bond donors (Lipinski definition) is 0. The maximum absolute atomic E-state index is 12.7. The van der Waals surface area contributed by atoms with Crippen LogP contribution in [0.1, 0.15) is 0 Å². The number of hydrogen-bond acceptors (Lipinski definition) is 5. The van der Waals surface area contributed by atoms with Gasteiger partial charge in [-0.15, -0.1) is 0 Å². The van der Waals surface area contributed by atoms with E-state index in [1.165, 1.54) is 4.90 Å². The van der Waals surface area contributed by atoms with Gasteiger partial charge in [0.2, 0.25) is 0 Å². The number of ether oxygens (including phenoxy) is 2. The van der Waals surface area contributed by atoms with E-state index in [4.69, 9.17) is 9.47 Å². The van der Waals surface area contributed by atoms with Crippen molar-refractivity contribution in [1.29, 1.82) is 0 Å². The summed E-state index contributed by atoms with van der Waals surface area (Å²) in [6.45, 7) is 3.46. The van der Waals surface area contributed by atoms with Crippen LogP contribution in [0.4, 0.5) is 5.69 Å². The summed E-state index contributed by atoms with van der Waals surface area (Å²) in [6.07, 6.45) is 0. The zero-order valence-electron chi connectivity index (χ0n) is 13.4. The Bertz CT molecular complexity index is 611. The number of carbonyl (C=O) groups excluding carboxylic acids is 2. The molecule has 0 saturated carbocycles. The van der Waals surface area contributed by atoms with Gasteiger partial charge in [0.25, 0.3) is 0 Å². The molecule has 0 atom stereocenters. The Labute approximate surface area is 135 Å². The lowest BCUT2D eigenvalue weighted by atomic mass is 10.2. The summed E-state index contributed by atoms with van der Waals surface area (Å²) in [7, 11) is 3.57. The molecular formula is C16H21N3O4. The van der Waals surface area contributed by atoms with E-state index in [0.717, 1.165) is 13.1 Å². The molecule has 1 saturated heterocycles. The number of likely N-dealkylation sites (N-methyl/N-ethyl adjacent to an activating group) is 1. The summed E-state index contributed by atoms with van der Waals surface area (Å²) >= 11 is 0. The molecule has 1 aromatic rings. The third-order valence-electron chi connectivity index (χ3n) is 4.25. The summed E-state index contributed by atoms with van der Waals surface area (Å²) in [5, 5.41) is 0. The molecule has 0 aliphatic carbocycles. The standard InChI is InChI=1S/C16H21N3O4/c1-17-5-7-18(8-6-17)15(20)16(21)19-9-10-23-14-4-3-12(22-2)11-13(14)19/h3-4,11H,5-10H2,1-2H3. The van der Waals surface area contributed by atoms with Crippen molar-refractivity contribution < 1.29 is 19.1 Å². The van der Waals surface area contributed by atoms with Crippen molar-refractivity contribution in [3.05, 3.63) is 18.2 Å². The van der Waals surface area contributed by atoms with Gasteiger partial charge in [-0.1, -0.05) is 0 Å². The van der Waals surface area contributed by atoms with E-state index in [9.17, 15) is 9.59 Å². The average Bonchev–Trinajstić information content (AvgIpc) is 2.60. The Balaban J connectivity index is 1.79. The second-order valence-electron chi connectivity index (χ2n) is 5.73. The number of fused-ring (bicyclic) bond motifs is 1. The summed E-state index contributed by atoms with van der Waals surface area (Å²) < 4.78 is 10.8. The highest BCUT2D eigenvalue weighted by Gasteiger charge is 2.32. The Morgan fingerprint density at radius 2 is 1.83 bits per heavy atom. The number of methoxy groups -OCH3 is 1. The topological polar surface area (TPSA) is 62.3 Å². The van der Waals surface area contributed by atoms with Crippen molar-refractivity contribution in [2.75, 3.05) is 58.4 Å². The zero-order chi connectivity index (χ0) is 16.4. The number of amides is 2. The van der Waals surface area contributed by atoms with Crippen LogP contribution in [-0.2, 0) is 9.59 Å². The van der Waals surface area contributed by atoms with E-state index in [0.29, 0.717) is 43.4 Å². The molecule has 2 heterocycles. The van der Waals surface area contributed by atoms with Crippen molar-refractivity contribution >= 4 is 17.5 Å². The third-order valence-corrected chi connectivity index (χ3v) is 4.25. The van der Waals surface area contributed by atoms with Gasteiger partial charge in [-0.3, -0.25) is 14.5 Å². The predicted octanol–water partition coefficient (Wildman–Crippen LogP) is 0.195. The molecule has 0 N–H and O–H groups in total. The average molecular weight is 319 g/mol. The van der Waals surface area contributed by atoms with Crippen molar-refractivity contribution in [2.24, 2.45) is 0 Å². The number of nitrogens with zero attached hydrogens (tertiary/aromatic N) is 3. The molecule has 0 aromatic heterocycles. The second kappa shape index (κ2) is 6.45. The van der Waals surface area contributed by atoms with E-state index in [2.05, 4.69) is 4.90 Å². The molecule has 2 amide bonds. The molecule has 2 aliphatic rings. The summed E-state index contributed by atoms with van der Waals surface area (Å²) in [6, 6.07) is 5.26. The van der Waals surface area contributed by atoms with Crippen LogP contribution in [0.3, 0.4) is 0 Å². The van der Waals surface area contributed by atoms with Crippen LogP contribution in [0.25, 0.3) is 0 Å². The lowest BCUT2D eigenvalue weighted by Gasteiger charge is -2.34. The van der Waals surface area contributed by atoms with Crippen LogP contribution >= 0.6 is 0 Å². The SMILES string of the molecule is COc1ccc2c(c1)N(C(=O)C(=O)N1CCN(C)CC1)CCO2. The smallest absolute Gasteiger partial charge is 0.316 e. The first kappa shape index (κ1) is 15.6. The van der Waals surface area contributed by atoms with E-state index >= 15 is 0 Å². The maximum atomic E-state index is 12.7. The Kier molecular flexibility index (Phi) is 4.38. The van der Waals surface area contributed by atoms with Gasteiger partial charge in [0.1, 0.15) is 18.1 Å². The summed E-state index contributed by atoms with van der Waals surface area (Å²) in [5.74, 6) is 0.261. The first-order valence-corrected chi connectivity index (χ1v) is 7.70. The minimum absolute atomic E-state index is 0.360. The minimum atomic E-state index is -0.507. The molecule has 7 heteroatoms. The van der Waals surface area contributed by atoms with Gasteiger partial charge in [0, 0.05) is 32.2 Å². The predicted molar refractivity (Wildman–Crippen MR) is 84.9 cm³/mol. The molecule has 1 fully saturated rings. The minimum Gasteiger partial charge on any atom is -0.497 e. The number of benzene rings is 1. The number of rotatable bonds is 1.